The Morgan fingerprint density at radius 2 is 1.88 bits per heavy atom. The SMILES string of the molecule is C[C@H]1c2ccc3c(c2C(O)=C2C(=O)[C@]4(O)C(O)=C(C(N)=O)C(=O)C[C@@H]4[C@@H](O)[C@@H]21)OCCC3(C)C. The van der Waals surface area contributed by atoms with Crippen LogP contribution in [0.15, 0.2) is 29.0 Å². The number of hydrogen-bond acceptors (Lipinski definition) is 8. The van der Waals surface area contributed by atoms with Crippen LogP contribution in [-0.2, 0) is 19.8 Å². The van der Waals surface area contributed by atoms with Crippen molar-refractivity contribution in [1.29, 1.82) is 0 Å². The van der Waals surface area contributed by atoms with Crippen molar-refractivity contribution in [3.05, 3.63) is 45.7 Å². The van der Waals surface area contributed by atoms with Crippen molar-refractivity contribution in [1.82, 2.24) is 0 Å². The van der Waals surface area contributed by atoms with Gasteiger partial charge in [-0.15, -0.1) is 0 Å². The van der Waals surface area contributed by atoms with Gasteiger partial charge in [0.05, 0.1) is 18.3 Å². The van der Waals surface area contributed by atoms with Crippen LogP contribution in [0.25, 0.3) is 5.76 Å². The van der Waals surface area contributed by atoms with Crippen LogP contribution in [0.4, 0.5) is 0 Å². The zero-order valence-corrected chi connectivity index (χ0v) is 19.1. The summed E-state index contributed by atoms with van der Waals surface area (Å²) in [6, 6.07) is 3.77. The molecule has 0 spiro atoms. The molecule has 9 nitrogen and oxygen atoms in total. The smallest absolute Gasteiger partial charge is 0.255 e. The second-order valence-corrected chi connectivity index (χ2v) is 10.4. The Morgan fingerprint density at radius 3 is 2.53 bits per heavy atom. The molecule has 5 rings (SSSR count). The molecule has 1 saturated carbocycles. The first-order valence-electron chi connectivity index (χ1n) is 11.3. The lowest BCUT2D eigenvalue weighted by molar-refractivity contribution is -0.160. The van der Waals surface area contributed by atoms with Crippen LogP contribution in [0.2, 0.25) is 0 Å². The van der Waals surface area contributed by atoms with Gasteiger partial charge in [-0.05, 0) is 23.3 Å². The van der Waals surface area contributed by atoms with Gasteiger partial charge in [0.25, 0.3) is 5.91 Å². The minimum atomic E-state index is -2.77. The highest BCUT2D eigenvalue weighted by atomic mass is 16.5. The number of hydrogen-bond donors (Lipinski definition) is 5. The Bertz CT molecular complexity index is 1240. The standard InChI is InChI=1S/C25H27NO8/c1-9-10-4-5-11-20(34-7-6-24(11,2)3)15(10)19(29)17-14(9)18(28)12-8-13(27)16(23(26)32)21(30)25(12,33)22(17)31/h4-5,9,12,14,18,28-30,33H,6-8H2,1-3H3,(H2,26,32)/t9-,12+,14+,18+,25+/m0/s1. The van der Waals surface area contributed by atoms with Gasteiger partial charge in [-0.25, -0.2) is 0 Å². The zero-order valence-electron chi connectivity index (χ0n) is 19.1. The molecule has 1 fully saturated rings. The normalized spacial score (nSPS) is 34.0. The number of ketones is 2. The Labute approximate surface area is 195 Å². The fourth-order valence-corrected chi connectivity index (χ4v) is 6.21. The number of nitrogens with two attached hydrogens (primary N) is 1. The Balaban J connectivity index is 1.78. The molecule has 34 heavy (non-hydrogen) atoms. The lowest BCUT2D eigenvalue weighted by atomic mass is 9.55. The number of Topliss-reactive ketones (excluding diaryl/α,β-unsaturated/α-hetero) is 2. The summed E-state index contributed by atoms with van der Waals surface area (Å²) in [4.78, 5) is 38.0. The van der Waals surface area contributed by atoms with E-state index in [0.29, 0.717) is 23.5 Å². The van der Waals surface area contributed by atoms with Gasteiger partial charge in [-0.3, -0.25) is 14.4 Å². The molecule has 0 unspecified atom stereocenters. The van der Waals surface area contributed by atoms with Gasteiger partial charge >= 0.3 is 0 Å². The molecule has 1 amide bonds. The third-order valence-electron chi connectivity index (χ3n) is 8.18. The van der Waals surface area contributed by atoms with Crippen molar-refractivity contribution in [3.8, 4) is 5.75 Å². The molecule has 0 bridgehead atoms. The summed E-state index contributed by atoms with van der Waals surface area (Å²) in [5.41, 5.74) is 2.90. The van der Waals surface area contributed by atoms with Crippen LogP contribution in [0, 0.1) is 11.8 Å². The van der Waals surface area contributed by atoms with E-state index in [1.165, 1.54) is 0 Å². The first kappa shape index (κ1) is 22.6. The third kappa shape index (κ3) is 2.59. The number of carbonyl (C=O) groups excluding carboxylic acids is 3. The van der Waals surface area contributed by atoms with Gasteiger partial charge in [0.15, 0.2) is 11.4 Å². The maximum atomic E-state index is 13.7. The molecule has 1 aromatic rings. The number of rotatable bonds is 1. The van der Waals surface area contributed by atoms with Crippen molar-refractivity contribution in [3.63, 3.8) is 0 Å². The van der Waals surface area contributed by atoms with Gasteiger partial charge in [-0.1, -0.05) is 32.9 Å². The molecule has 1 aromatic carbocycles. The molecule has 5 atom stereocenters. The molecular weight excluding hydrogens is 442 g/mol. The molecule has 1 aliphatic heterocycles. The van der Waals surface area contributed by atoms with E-state index in [9.17, 15) is 34.8 Å². The summed E-state index contributed by atoms with van der Waals surface area (Å²) < 4.78 is 5.94. The van der Waals surface area contributed by atoms with E-state index in [2.05, 4.69) is 13.8 Å². The molecule has 4 aliphatic rings. The van der Waals surface area contributed by atoms with E-state index >= 15 is 0 Å². The monoisotopic (exact) mass is 469 g/mol. The quantitative estimate of drug-likeness (QED) is 0.384. The van der Waals surface area contributed by atoms with Crippen LogP contribution in [0.5, 0.6) is 5.75 Å². The highest BCUT2D eigenvalue weighted by molar-refractivity contribution is 6.23. The fraction of sp³-hybridized carbons (Fsp3) is 0.480. The highest BCUT2D eigenvalue weighted by Gasteiger charge is 2.65. The number of aliphatic hydroxyl groups excluding tert-OH is 3. The molecule has 9 heteroatoms. The number of amides is 1. The average Bonchev–Trinajstić information content (AvgIpc) is 2.75. The Morgan fingerprint density at radius 1 is 1.21 bits per heavy atom. The minimum absolute atomic E-state index is 0.242. The molecular formula is C25H27NO8. The van der Waals surface area contributed by atoms with E-state index in [1.807, 2.05) is 12.1 Å². The maximum Gasteiger partial charge on any atom is 0.255 e. The van der Waals surface area contributed by atoms with E-state index in [4.69, 9.17) is 10.5 Å². The van der Waals surface area contributed by atoms with E-state index < -0.39 is 70.4 Å². The number of ether oxygens (including phenoxy) is 1. The first-order valence-corrected chi connectivity index (χ1v) is 11.3. The Kier molecular flexibility index (Phi) is 4.61. The van der Waals surface area contributed by atoms with Crippen molar-refractivity contribution >= 4 is 23.2 Å². The summed E-state index contributed by atoms with van der Waals surface area (Å²) in [5, 5.41) is 44.8. The summed E-state index contributed by atoms with van der Waals surface area (Å²) in [5.74, 6) is -7.26. The second kappa shape index (κ2) is 6.93. The molecule has 1 heterocycles. The third-order valence-corrected chi connectivity index (χ3v) is 8.18. The van der Waals surface area contributed by atoms with Gasteiger partial charge in [-0.2, -0.15) is 0 Å². The summed E-state index contributed by atoms with van der Waals surface area (Å²) in [6.45, 7) is 6.30. The van der Waals surface area contributed by atoms with Crippen molar-refractivity contribution in [2.24, 2.45) is 17.6 Å². The summed E-state index contributed by atoms with van der Waals surface area (Å²) in [6.07, 6.45) is -1.27. The van der Waals surface area contributed by atoms with Crippen molar-refractivity contribution < 1.29 is 39.5 Å². The number of carbonyl (C=O) groups is 3. The molecule has 180 valence electrons. The zero-order chi connectivity index (χ0) is 24.9. The largest absolute Gasteiger partial charge is 0.508 e. The minimum Gasteiger partial charge on any atom is -0.508 e. The summed E-state index contributed by atoms with van der Waals surface area (Å²) in [7, 11) is 0. The van der Waals surface area contributed by atoms with E-state index in [0.717, 1.165) is 12.0 Å². The van der Waals surface area contributed by atoms with Crippen molar-refractivity contribution in [2.75, 3.05) is 6.61 Å². The van der Waals surface area contributed by atoms with Crippen LogP contribution >= 0.6 is 0 Å². The number of benzene rings is 1. The lowest BCUT2D eigenvalue weighted by Crippen LogP contribution is -2.63. The number of aliphatic hydroxyl groups is 4. The highest BCUT2D eigenvalue weighted by Crippen LogP contribution is 2.57. The molecule has 0 aromatic heterocycles. The average molecular weight is 469 g/mol. The number of primary amides is 1. The molecule has 6 N–H and O–H groups in total. The van der Waals surface area contributed by atoms with Gasteiger partial charge in [0.2, 0.25) is 5.78 Å². The maximum absolute atomic E-state index is 13.7. The van der Waals surface area contributed by atoms with Crippen LogP contribution < -0.4 is 10.5 Å². The second-order valence-electron chi connectivity index (χ2n) is 10.4. The van der Waals surface area contributed by atoms with Crippen LogP contribution in [-0.4, -0.2) is 56.2 Å². The Hall–Kier alpha value is -3.17. The van der Waals surface area contributed by atoms with E-state index in [1.54, 1.807) is 6.92 Å². The van der Waals surface area contributed by atoms with Crippen LogP contribution in [0.3, 0.4) is 0 Å². The van der Waals surface area contributed by atoms with Crippen LogP contribution in [0.1, 0.15) is 56.2 Å². The van der Waals surface area contributed by atoms with Gasteiger partial charge < -0.3 is 30.9 Å². The molecule has 3 aliphatic carbocycles. The van der Waals surface area contributed by atoms with Crippen molar-refractivity contribution in [2.45, 2.75) is 56.7 Å². The fourth-order valence-electron chi connectivity index (χ4n) is 6.21. The topological polar surface area (TPSA) is 167 Å². The van der Waals surface area contributed by atoms with Gasteiger partial charge in [0, 0.05) is 29.4 Å². The predicted molar refractivity (Wildman–Crippen MR) is 119 cm³/mol. The lowest BCUT2D eigenvalue weighted by Gasteiger charge is -2.50. The first-order chi connectivity index (χ1) is 15.8. The van der Waals surface area contributed by atoms with Gasteiger partial charge in [0.1, 0.15) is 22.8 Å². The molecule has 0 radical (unpaired) electrons. The number of fused-ring (bicyclic) bond motifs is 5. The predicted octanol–water partition coefficient (Wildman–Crippen LogP) is 1.31. The molecule has 0 saturated heterocycles. The summed E-state index contributed by atoms with van der Waals surface area (Å²) >= 11 is 0. The van der Waals surface area contributed by atoms with E-state index in [-0.39, 0.29) is 11.0 Å².